The Morgan fingerprint density at radius 3 is 3.06 bits per heavy atom. The molecule has 1 aromatic rings. The summed E-state index contributed by atoms with van der Waals surface area (Å²) in [6.07, 6.45) is 5.11. The first-order valence-electron chi connectivity index (χ1n) is 5.16. The molecule has 0 saturated heterocycles. The molecule has 1 aromatic carbocycles. The van der Waals surface area contributed by atoms with E-state index in [1.54, 1.807) is 18.2 Å². The molecule has 3 heteroatoms. The maximum Gasteiger partial charge on any atom is 0.309 e. The Morgan fingerprint density at radius 1 is 1.44 bits per heavy atom. The summed E-state index contributed by atoms with van der Waals surface area (Å²) in [5, 5.41) is 0. The Morgan fingerprint density at radius 2 is 2.31 bits per heavy atom. The SMILES string of the molecule is C=C/C=C(\C=C)Oc1ccc2c(c1)COB2. The van der Waals surface area contributed by atoms with E-state index in [0.717, 1.165) is 5.75 Å². The molecule has 0 atom stereocenters. The van der Waals surface area contributed by atoms with E-state index in [4.69, 9.17) is 9.39 Å². The monoisotopic (exact) mass is 212 g/mol. The van der Waals surface area contributed by atoms with Crippen molar-refractivity contribution in [1.29, 1.82) is 0 Å². The topological polar surface area (TPSA) is 18.5 Å². The lowest BCUT2D eigenvalue weighted by molar-refractivity contribution is 0.344. The summed E-state index contributed by atoms with van der Waals surface area (Å²) in [6.45, 7) is 7.97. The van der Waals surface area contributed by atoms with Gasteiger partial charge in [0.15, 0.2) is 0 Å². The van der Waals surface area contributed by atoms with Gasteiger partial charge in [-0.1, -0.05) is 25.3 Å². The molecule has 0 N–H and O–H groups in total. The highest BCUT2D eigenvalue weighted by atomic mass is 16.5. The summed E-state index contributed by atoms with van der Waals surface area (Å²) in [7, 11) is 0.701. The second-order valence-electron chi connectivity index (χ2n) is 3.53. The number of hydrogen-bond acceptors (Lipinski definition) is 2. The predicted octanol–water partition coefficient (Wildman–Crippen LogP) is 1.83. The molecule has 16 heavy (non-hydrogen) atoms. The van der Waals surface area contributed by atoms with E-state index in [2.05, 4.69) is 13.2 Å². The molecule has 0 fully saturated rings. The molecular weight excluding hydrogens is 199 g/mol. The average molecular weight is 212 g/mol. The van der Waals surface area contributed by atoms with Crippen molar-refractivity contribution in [1.82, 2.24) is 0 Å². The minimum atomic E-state index is 0.668. The van der Waals surface area contributed by atoms with Crippen LogP contribution in [0.25, 0.3) is 0 Å². The summed E-state index contributed by atoms with van der Waals surface area (Å²) >= 11 is 0. The predicted molar refractivity (Wildman–Crippen MR) is 67.1 cm³/mol. The van der Waals surface area contributed by atoms with E-state index in [-0.39, 0.29) is 0 Å². The summed E-state index contributed by atoms with van der Waals surface area (Å²) in [5.74, 6) is 1.49. The van der Waals surface area contributed by atoms with Crippen LogP contribution in [0.4, 0.5) is 0 Å². The van der Waals surface area contributed by atoms with Crippen LogP contribution in [0, 0.1) is 0 Å². The average Bonchev–Trinajstić information content (AvgIpc) is 2.75. The van der Waals surface area contributed by atoms with E-state index in [1.165, 1.54) is 11.0 Å². The van der Waals surface area contributed by atoms with Crippen LogP contribution in [0.3, 0.4) is 0 Å². The van der Waals surface area contributed by atoms with E-state index >= 15 is 0 Å². The Kier molecular flexibility index (Phi) is 3.27. The number of rotatable bonds is 4. The fourth-order valence-electron chi connectivity index (χ4n) is 1.61. The summed E-state index contributed by atoms with van der Waals surface area (Å²) in [5.41, 5.74) is 2.43. The Balaban J connectivity index is 2.19. The maximum atomic E-state index is 5.65. The first-order chi connectivity index (χ1) is 7.83. The van der Waals surface area contributed by atoms with Gasteiger partial charge >= 0.3 is 7.48 Å². The van der Waals surface area contributed by atoms with Crippen molar-refractivity contribution >= 4 is 12.9 Å². The van der Waals surface area contributed by atoms with Crippen molar-refractivity contribution in [2.24, 2.45) is 0 Å². The number of benzene rings is 1. The van der Waals surface area contributed by atoms with Gasteiger partial charge in [0.2, 0.25) is 0 Å². The zero-order valence-electron chi connectivity index (χ0n) is 9.11. The Hall–Kier alpha value is -1.74. The van der Waals surface area contributed by atoms with Crippen LogP contribution in [0.5, 0.6) is 5.75 Å². The molecule has 0 bridgehead atoms. The summed E-state index contributed by atoms with van der Waals surface area (Å²) in [6, 6.07) is 5.98. The standard InChI is InChI=1S/C13H13BO2/c1-3-5-11(4-2)16-12-6-7-13-10(8-12)9-15-14-13/h3-8,14H,1-2,9H2/b11-5+. The minimum absolute atomic E-state index is 0.668. The normalized spacial score (nSPS) is 13.9. The van der Waals surface area contributed by atoms with Gasteiger partial charge in [0, 0.05) is 0 Å². The fraction of sp³-hybridized carbons (Fsp3) is 0.0769. The third-order valence-electron chi connectivity index (χ3n) is 2.41. The molecule has 0 aromatic heterocycles. The lowest BCUT2D eigenvalue weighted by atomic mass is 9.87. The molecule has 0 unspecified atom stereocenters. The smallest absolute Gasteiger partial charge is 0.309 e. The van der Waals surface area contributed by atoms with Crippen molar-refractivity contribution in [2.75, 3.05) is 0 Å². The van der Waals surface area contributed by atoms with Crippen molar-refractivity contribution < 1.29 is 9.39 Å². The third-order valence-corrected chi connectivity index (χ3v) is 2.41. The van der Waals surface area contributed by atoms with Crippen molar-refractivity contribution in [2.45, 2.75) is 6.61 Å². The van der Waals surface area contributed by atoms with Gasteiger partial charge in [0.05, 0.1) is 6.61 Å². The van der Waals surface area contributed by atoms with E-state index < -0.39 is 0 Å². The number of ether oxygens (including phenoxy) is 1. The Bertz CT molecular complexity index is 449. The van der Waals surface area contributed by atoms with Crippen LogP contribution in [0.2, 0.25) is 0 Å². The highest BCUT2D eigenvalue weighted by Crippen LogP contribution is 2.18. The van der Waals surface area contributed by atoms with Gasteiger partial charge in [-0.3, -0.25) is 0 Å². The molecule has 2 rings (SSSR count). The van der Waals surface area contributed by atoms with Gasteiger partial charge in [0.1, 0.15) is 11.5 Å². The van der Waals surface area contributed by atoms with Crippen LogP contribution >= 0.6 is 0 Å². The van der Waals surface area contributed by atoms with Crippen LogP contribution in [-0.4, -0.2) is 7.48 Å². The number of allylic oxidation sites excluding steroid dienone is 3. The lowest BCUT2D eigenvalue weighted by Gasteiger charge is -2.07. The largest absolute Gasteiger partial charge is 0.457 e. The first kappa shape index (κ1) is 10.8. The van der Waals surface area contributed by atoms with Crippen molar-refractivity contribution in [3.8, 4) is 5.75 Å². The quantitative estimate of drug-likeness (QED) is 0.430. The van der Waals surface area contributed by atoms with Gasteiger partial charge in [-0.15, -0.1) is 0 Å². The Labute approximate surface area is 96.2 Å². The highest BCUT2D eigenvalue weighted by molar-refractivity contribution is 6.48. The molecule has 80 valence electrons. The molecule has 2 nitrogen and oxygen atoms in total. The fourth-order valence-corrected chi connectivity index (χ4v) is 1.61. The van der Waals surface area contributed by atoms with Crippen LogP contribution in [0.15, 0.2) is 55.3 Å². The van der Waals surface area contributed by atoms with E-state index in [9.17, 15) is 0 Å². The van der Waals surface area contributed by atoms with Gasteiger partial charge in [-0.2, -0.15) is 0 Å². The molecule has 0 amide bonds. The van der Waals surface area contributed by atoms with E-state index in [1.807, 2.05) is 18.2 Å². The zero-order chi connectivity index (χ0) is 11.4. The molecule has 0 saturated carbocycles. The van der Waals surface area contributed by atoms with Crippen LogP contribution < -0.4 is 10.2 Å². The second kappa shape index (κ2) is 4.86. The third kappa shape index (κ3) is 2.26. The second-order valence-corrected chi connectivity index (χ2v) is 3.53. The summed E-state index contributed by atoms with van der Waals surface area (Å²) < 4.78 is 11.0. The highest BCUT2D eigenvalue weighted by Gasteiger charge is 2.13. The summed E-state index contributed by atoms with van der Waals surface area (Å²) in [4.78, 5) is 0. The molecule has 0 aliphatic carbocycles. The van der Waals surface area contributed by atoms with E-state index in [0.29, 0.717) is 19.8 Å². The van der Waals surface area contributed by atoms with Crippen LogP contribution in [-0.2, 0) is 11.3 Å². The molecule has 1 aliphatic rings. The zero-order valence-corrected chi connectivity index (χ0v) is 9.11. The number of hydrogen-bond donors (Lipinski definition) is 0. The molecule has 1 heterocycles. The van der Waals surface area contributed by atoms with Crippen molar-refractivity contribution in [3.63, 3.8) is 0 Å². The van der Waals surface area contributed by atoms with Gasteiger partial charge in [0.25, 0.3) is 0 Å². The van der Waals surface area contributed by atoms with Gasteiger partial charge in [-0.05, 0) is 35.3 Å². The maximum absolute atomic E-state index is 5.65. The minimum Gasteiger partial charge on any atom is -0.457 e. The molecule has 1 aliphatic heterocycles. The lowest BCUT2D eigenvalue weighted by Crippen LogP contribution is -2.10. The number of fused-ring (bicyclic) bond motifs is 1. The van der Waals surface area contributed by atoms with Gasteiger partial charge < -0.3 is 9.39 Å². The van der Waals surface area contributed by atoms with Gasteiger partial charge in [-0.25, -0.2) is 0 Å². The molecule has 0 radical (unpaired) electrons. The van der Waals surface area contributed by atoms with Crippen molar-refractivity contribution in [3.05, 3.63) is 60.9 Å². The first-order valence-corrected chi connectivity index (χ1v) is 5.16. The van der Waals surface area contributed by atoms with Crippen LogP contribution in [0.1, 0.15) is 5.56 Å². The molecular formula is C13H13BO2. The molecule has 0 spiro atoms.